The van der Waals surface area contributed by atoms with E-state index in [-0.39, 0.29) is 17.2 Å². The van der Waals surface area contributed by atoms with Crippen molar-refractivity contribution in [3.63, 3.8) is 0 Å². The van der Waals surface area contributed by atoms with Crippen molar-refractivity contribution in [2.75, 3.05) is 11.1 Å². The minimum atomic E-state index is -0.190. The Morgan fingerprint density at radius 2 is 1.84 bits per heavy atom. The van der Waals surface area contributed by atoms with Gasteiger partial charge in [-0.1, -0.05) is 71.9 Å². The molecule has 1 amide bonds. The number of carbonyl (C=O) groups excluding carboxylic acids is 1. The van der Waals surface area contributed by atoms with E-state index in [4.69, 9.17) is 0 Å². The average Bonchev–Trinajstić information content (AvgIpc) is 3.23. The molecule has 0 spiro atoms. The number of thiophene rings is 1. The number of aromatic amines is 1. The molecule has 0 bridgehead atoms. The van der Waals surface area contributed by atoms with Gasteiger partial charge in [-0.3, -0.25) is 9.59 Å². The highest BCUT2D eigenvalue weighted by Gasteiger charge is 2.14. The number of nitrogens with zero attached hydrogens (tertiary/aromatic N) is 1. The molecule has 0 aliphatic rings. The van der Waals surface area contributed by atoms with Gasteiger partial charge >= 0.3 is 0 Å². The van der Waals surface area contributed by atoms with Crippen LogP contribution in [0.25, 0.3) is 32.1 Å². The summed E-state index contributed by atoms with van der Waals surface area (Å²) in [6.45, 7) is 2.03. The van der Waals surface area contributed by atoms with Gasteiger partial charge < -0.3 is 10.3 Å². The van der Waals surface area contributed by atoms with E-state index >= 15 is 0 Å². The number of hydrogen-bond donors (Lipinski definition) is 2. The first kappa shape index (κ1) is 20.5. The zero-order valence-electron chi connectivity index (χ0n) is 17.2. The molecule has 5 aromatic rings. The summed E-state index contributed by atoms with van der Waals surface area (Å²) < 4.78 is 0. The monoisotopic (exact) mass is 457 g/mol. The number of H-pyrrole nitrogens is 1. The number of thioether (sulfide) groups is 1. The first-order valence-corrected chi connectivity index (χ1v) is 11.9. The highest BCUT2D eigenvalue weighted by molar-refractivity contribution is 7.99. The molecule has 2 heterocycles. The molecular weight excluding hydrogens is 438 g/mol. The average molecular weight is 458 g/mol. The minimum absolute atomic E-state index is 0.150. The molecule has 0 radical (unpaired) electrons. The van der Waals surface area contributed by atoms with Crippen molar-refractivity contribution in [1.29, 1.82) is 0 Å². The summed E-state index contributed by atoms with van der Waals surface area (Å²) in [5.74, 6) is -0.00293. The number of fused-ring (bicyclic) bond motifs is 2. The number of aryl methyl sites for hydroxylation is 1. The molecule has 0 fully saturated rings. The molecular formula is C25H19N3O2S2. The van der Waals surface area contributed by atoms with E-state index in [1.165, 1.54) is 28.7 Å². The molecule has 0 unspecified atom stereocenters. The molecule has 2 N–H and O–H groups in total. The lowest BCUT2D eigenvalue weighted by atomic mass is 10.1. The number of hydrogen-bond acceptors (Lipinski definition) is 5. The molecule has 0 saturated heterocycles. The van der Waals surface area contributed by atoms with Crippen LogP contribution in [0.1, 0.15) is 5.56 Å². The second-order valence-electron chi connectivity index (χ2n) is 7.47. The highest BCUT2D eigenvalue weighted by Crippen LogP contribution is 2.31. The van der Waals surface area contributed by atoms with Gasteiger partial charge in [0.2, 0.25) is 5.91 Å². The number of aromatic nitrogens is 2. The Hall–Kier alpha value is -3.42. The minimum Gasteiger partial charge on any atom is -0.325 e. The first-order chi connectivity index (χ1) is 15.6. The largest absolute Gasteiger partial charge is 0.325 e. The van der Waals surface area contributed by atoms with Crippen LogP contribution in [-0.2, 0) is 4.79 Å². The summed E-state index contributed by atoms with van der Waals surface area (Å²) in [5, 5.41) is 8.08. The molecule has 3 aromatic carbocycles. The van der Waals surface area contributed by atoms with Crippen LogP contribution in [0.3, 0.4) is 0 Å². The number of benzene rings is 3. The van der Waals surface area contributed by atoms with Crippen molar-refractivity contribution in [2.45, 2.75) is 12.1 Å². The van der Waals surface area contributed by atoms with Gasteiger partial charge in [0.25, 0.3) is 5.56 Å². The Bertz CT molecular complexity index is 1500. The lowest BCUT2D eigenvalue weighted by Gasteiger charge is -2.06. The molecule has 0 saturated carbocycles. The van der Waals surface area contributed by atoms with Crippen LogP contribution >= 0.6 is 23.1 Å². The zero-order chi connectivity index (χ0) is 22.1. The molecule has 32 heavy (non-hydrogen) atoms. The fourth-order valence-corrected chi connectivity index (χ4v) is 5.21. The highest BCUT2D eigenvalue weighted by atomic mass is 32.2. The molecule has 5 rings (SSSR count). The van der Waals surface area contributed by atoms with Crippen LogP contribution in [0, 0.1) is 6.92 Å². The number of rotatable bonds is 5. The van der Waals surface area contributed by atoms with Gasteiger partial charge in [0.1, 0.15) is 4.83 Å². The smallest absolute Gasteiger partial charge is 0.260 e. The Kier molecular flexibility index (Phi) is 5.51. The van der Waals surface area contributed by atoms with Crippen LogP contribution in [0.5, 0.6) is 0 Å². The predicted molar refractivity (Wildman–Crippen MR) is 134 cm³/mol. The number of nitrogens with one attached hydrogen (secondary N) is 2. The molecule has 7 heteroatoms. The maximum absolute atomic E-state index is 12.8. The third-order valence-electron chi connectivity index (χ3n) is 5.16. The van der Waals surface area contributed by atoms with Gasteiger partial charge in [0.05, 0.1) is 11.1 Å². The molecule has 0 aliphatic carbocycles. The van der Waals surface area contributed by atoms with E-state index in [0.29, 0.717) is 15.4 Å². The molecule has 0 atom stereocenters. The number of amides is 1. The fraction of sp³-hybridized carbons (Fsp3) is 0.0800. The van der Waals surface area contributed by atoms with E-state index in [2.05, 4.69) is 15.3 Å². The topological polar surface area (TPSA) is 74.8 Å². The molecule has 2 aromatic heterocycles. The summed E-state index contributed by atoms with van der Waals surface area (Å²) in [5.41, 5.74) is 3.59. The molecule has 0 aliphatic heterocycles. The Morgan fingerprint density at radius 3 is 2.66 bits per heavy atom. The molecule has 5 nitrogen and oxygen atoms in total. The van der Waals surface area contributed by atoms with Crippen LogP contribution in [-0.4, -0.2) is 21.6 Å². The Labute approximate surface area is 192 Å². The maximum atomic E-state index is 12.8. The second-order valence-corrected chi connectivity index (χ2v) is 9.29. The van der Waals surface area contributed by atoms with Gasteiger partial charge in [-0.2, -0.15) is 0 Å². The Balaban J connectivity index is 1.31. The summed E-state index contributed by atoms with van der Waals surface area (Å²) in [7, 11) is 0. The van der Waals surface area contributed by atoms with E-state index in [9.17, 15) is 9.59 Å². The fourth-order valence-electron chi connectivity index (χ4n) is 3.54. The number of anilines is 1. The SMILES string of the molecule is Cc1ccc(-c2csc3nc(SCC(=O)Nc4ccc5ccccc5c4)[nH]c(=O)c23)cc1. The van der Waals surface area contributed by atoms with Gasteiger partial charge in [-0.25, -0.2) is 4.98 Å². The third-order valence-corrected chi connectivity index (χ3v) is 6.90. The summed E-state index contributed by atoms with van der Waals surface area (Å²) in [6.07, 6.45) is 0. The van der Waals surface area contributed by atoms with Crippen molar-refractivity contribution < 1.29 is 4.79 Å². The maximum Gasteiger partial charge on any atom is 0.260 e. The predicted octanol–water partition coefficient (Wildman–Crippen LogP) is 5.84. The lowest BCUT2D eigenvalue weighted by Crippen LogP contribution is -2.15. The van der Waals surface area contributed by atoms with Crippen LogP contribution in [0.2, 0.25) is 0 Å². The van der Waals surface area contributed by atoms with Crippen LogP contribution in [0.15, 0.2) is 82.1 Å². The lowest BCUT2D eigenvalue weighted by molar-refractivity contribution is -0.113. The summed E-state index contributed by atoms with van der Waals surface area (Å²) in [6, 6.07) is 21.9. The van der Waals surface area contributed by atoms with Crippen molar-refractivity contribution in [2.24, 2.45) is 0 Å². The Morgan fingerprint density at radius 1 is 1.06 bits per heavy atom. The number of carbonyl (C=O) groups is 1. The quantitative estimate of drug-likeness (QED) is 0.257. The van der Waals surface area contributed by atoms with Gasteiger partial charge in [-0.15, -0.1) is 11.3 Å². The van der Waals surface area contributed by atoms with Crippen molar-refractivity contribution >= 4 is 55.7 Å². The first-order valence-electron chi connectivity index (χ1n) is 10.1. The standard InChI is InChI=1S/C25H19N3O2S2/c1-15-6-8-17(9-7-15)20-13-31-24-22(20)23(30)27-25(28-24)32-14-21(29)26-19-11-10-16-4-2-3-5-18(16)12-19/h2-13H,14H2,1H3,(H,26,29)(H,27,28,30). The van der Waals surface area contributed by atoms with Crippen LogP contribution in [0.4, 0.5) is 5.69 Å². The molecule has 158 valence electrons. The van der Waals surface area contributed by atoms with E-state index < -0.39 is 0 Å². The third kappa shape index (κ3) is 4.17. The van der Waals surface area contributed by atoms with E-state index in [1.54, 1.807) is 0 Å². The summed E-state index contributed by atoms with van der Waals surface area (Å²) >= 11 is 2.65. The van der Waals surface area contributed by atoms with Crippen molar-refractivity contribution in [3.8, 4) is 11.1 Å². The zero-order valence-corrected chi connectivity index (χ0v) is 18.8. The van der Waals surface area contributed by atoms with Gasteiger partial charge in [0.15, 0.2) is 5.16 Å². The van der Waals surface area contributed by atoms with Crippen molar-refractivity contribution in [3.05, 3.63) is 88.0 Å². The van der Waals surface area contributed by atoms with Crippen LogP contribution < -0.4 is 10.9 Å². The summed E-state index contributed by atoms with van der Waals surface area (Å²) in [4.78, 5) is 33.3. The van der Waals surface area contributed by atoms with E-state index in [1.807, 2.05) is 79.0 Å². The normalized spacial score (nSPS) is 11.2. The second kappa shape index (κ2) is 8.61. The van der Waals surface area contributed by atoms with Gasteiger partial charge in [0, 0.05) is 16.6 Å². The van der Waals surface area contributed by atoms with E-state index in [0.717, 1.165) is 27.6 Å². The van der Waals surface area contributed by atoms with Crippen molar-refractivity contribution in [1.82, 2.24) is 9.97 Å². The van der Waals surface area contributed by atoms with Gasteiger partial charge in [-0.05, 0) is 35.4 Å².